The summed E-state index contributed by atoms with van der Waals surface area (Å²) in [5.74, 6) is 0. The topological polar surface area (TPSA) is 12.5 Å². The molecule has 0 aromatic heterocycles. The van der Waals surface area contributed by atoms with E-state index in [1.54, 1.807) is 0 Å². The molecule has 11 heavy (non-hydrogen) atoms. The highest BCUT2D eigenvalue weighted by molar-refractivity contribution is 5.00. The van der Waals surface area contributed by atoms with Crippen LogP contribution in [0.3, 0.4) is 0 Å². The molecule has 2 atom stereocenters. The van der Waals surface area contributed by atoms with Crippen LogP contribution in [0.1, 0.15) is 39.5 Å². The second-order valence-electron chi connectivity index (χ2n) is 3.16. The molecule has 0 aromatic rings. The molecule has 0 aromatic carbocycles. The molecule has 1 rings (SSSR count). The van der Waals surface area contributed by atoms with Crippen molar-refractivity contribution in [2.75, 3.05) is 0 Å². The molecule has 0 saturated carbocycles. The minimum atomic E-state index is 0.455. The molecule has 0 radical (unpaired) electrons. The van der Waals surface area contributed by atoms with E-state index < -0.39 is 0 Å². The lowest BCUT2D eigenvalue weighted by Gasteiger charge is -1.91. The van der Waals surface area contributed by atoms with Crippen molar-refractivity contribution in [2.45, 2.75) is 51.7 Å². The molecule has 1 heterocycles. The van der Waals surface area contributed by atoms with E-state index in [9.17, 15) is 0 Å². The van der Waals surface area contributed by atoms with Gasteiger partial charge >= 0.3 is 0 Å². The van der Waals surface area contributed by atoms with Gasteiger partial charge in [-0.1, -0.05) is 38.3 Å². The van der Waals surface area contributed by atoms with E-state index in [-0.39, 0.29) is 0 Å². The standard InChI is InChI=1S/C10H18O/c1-3-5-6-8-10-9(11-10)7-4-2/h4,7,9-10H,3,5-6,8H2,1-2H3/b7-4+. The summed E-state index contributed by atoms with van der Waals surface area (Å²) in [7, 11) is 0. The molecule has 0 spiro atoms. The molecular weight excluding hydrogens is 136 g/mol. The summed E-state index contributed by atoms with van der Waals surface area (Å²) in [5, 5.41) is 0. The number of unbranched alkanes of at least 4 members (excludes halogenated alkanes) is 2. The van der Waals surface area contributed by atoms with Crippen molar-refractivity contribution in [3.63, 3.8) is 0 Å². The molecule has 1 heteroatoms. The Morgan fingerprint density at radius 3 is 2.82 bits per heavy atom. The van der Waals surface area contributed by atoms with Gasteiger partial charge in [0.25, 0.3) is 0 Å². The van der Waals surface area contributed by atoms with Crippen LogP contribution in [0.15, 0.2) is 12.2 Å². The van der Waals surface area contributed by atoms with Crippen molar-refractivity contribution >= 4 is 0 Å². The van der Waals surface area contributed by atoms with Crippen molar-refractivity contribution < 1.29 is 4.74 Å². The van der Waals surface area contributed by atoms with Gasteiger partial charge in [-0.15, -0.1) is 0 Å². The molecule has 0 aliphatic carbocycles. The van der Waals surface area contributed by atoms with Gasteiger partial charge in [0.05, 0.1) is 6.10 Å². The fourth-order valence-electron chi connectivity index (χ4n) is 1.34. The van der Waals surface area contributed by atoms with Crippen LogP contribution in [0.2, 0.25) is 0 Å². The predicted octanol–water partition coefficient (Wildman–Crippen LogP) is 2.91. The van der Waals surface area contributed by atoms with E-state index in [2.05, 4.69) is 19.1 Å². The fourth-order valence-corrected chi connectivity index (χ4v) is 1.34. The highest BCUT2D eigenvalue weighted by atomic mass is 16.6. The van der Waals surface area contributed by atoms with Gasteiger partial charge in [-0.2, -0.15) is 0 Å². The Balaban J connectivity index is 1.95. The van der Waals surface area contributed by atoms with E-state index in [0.29, 0.717) is 12.2 Å². The number of hydrogen-bond acceptors (Lipinski definition) is 1. The van der Waals surface area contributed by atoms with E-state index in [1.807, 2.05) is 6.92 Å². The van der Waals surface area contributed by atoms with Gasteiger partial charge in [0.1, 0.15) is 6.10 Å². The average Bonchev–Trinajstić information content (AvgIpc) is 2.70. The van der Waals surface area contributed by atoms with Gasteiger partial charge in [-0.25, -0.2) is 0 Å². The van der Waals surface area contributed by atoms with E-state index in [1.165, 1.54) is 25.7 Å². The monoisotopic (exact) mass is 154 g/mol. The summed E-state index contributed by atoms with van der Waals surface area (Å²) >= 11 is 0. The van der Waals surface area contributed by atoms with Gasteiger partial charge in [0.2, 0.25) is 0 Å². The number of ether oxygens (including phenoxy) is 1. The van der Waals surface area contributed by atoms with Crippen LogP contribution in [0.4, 0.5) is 0 Å². The molecule has 1 nitrogen and oxygen atoms in total. The Labute approximate surface area is 69.4 Å². The van der Waals surface area contributed by atoms with Crippen molar-refractivity contribution in [3.05, 3.63) is 12.2 Å². The van der Waals surface area contributed by atoms with Gasteiger partial charge in [-0.05, 0) is 13.3 Å². The number of hydrogen-bond donors (Lipinski definition) is 0. The quantitative estimate of drug-likeness (QED) is 0.337. The average molecular weight is 154 g/mol. The number of epoxide rings is 1. The Bertz CT molecular complexity index is 129. The van der Waals surface area contributed by atoms with Crippen LogP contribution in [0.5, 0.6) is 0 Å². The third-order valence-corrected chi connectivity index (χ3v) is 2.10. The Morgan fingerprint density at radius 2 is 2.18 bits per heavy atom. The van der Waals surface area contributed by atoms with Crippen molar-refractivity contribution in [3.8, 4) is 0 Å². The maximum atomic E-state index is 5.42. The van der Waals surface area contributed by atoms with E-state index in [0.717, 1.165) is 0 Å². The molecule has 0 bridgehead atoms. The predicted molar refractivity (Wildman–Crippen MR) is 47.6 cm³/mol. The molecule has 0 N–H and O–H groups in total. The third kappa shape index (κ3) is 3.06. The Morgan fingerprint density at radius 1 is 1.36 bits per heavy atom. The zero-order valence-corrected chi connectivity index (χ0v) is 7.55. The minimum absolute atomic E-state index is 0.455. The van der Waals surface area contributed by atoms with Gasteiger partial charge in [0.15, 0.2) is 0 Å². The van der Waals surface area contributed by atoms with Crippen LogP contribution in [0, 0.1) is 0 Å². The van der Waals surface area contributed by atoms with Crippen molar-refractivity contribution in [2.24, 2.45) is 0 Å². The summed E-state index contributed by atoms with van der Waals surface area (Å²) in [5.41, 5.74) is 0. The molecule has 1 aliphatic heterocycles. The zero-order chi connectivity index (χ0) is 8.10. The smallest absolute Gasteiger partial charge is 0.102 e. The van der Waals surface area contributed by atoms with Crippen LogP contribution in [-0.2, 0) is 4.74 Å². The summed E-state index contributed by atoms with van der Waals surface area (Å²) < 4.78 is 5.42. The Kier molecular flexibility index (Phi) is 3.64. The molecule has 1 fully saturated rings. The van der Waals surface area contributed by atoms with Crippen LogP contribution >= 0.6 is 0 Å². The van der Waals surface area contributed by atoms with Crippen LogP contribution in [0.25, 0.3) is 0 Å². The van der Waals surface area contributed by atoms with Gasteiger partial charge in [0, 0.05) is 0 Å². The molecule has 64 valence electrons. The summed E-state index contributed by atoms with van der Waals surface area (Å²) in [6, 6.07) is 0. The van der Waals surface area contributed by atoms with Gasteiger partial charge < -0.3 is 4.74 Å². The number of allylic oxidation sites excluding steroid dienone is 1. The van der Waals surface area contributed by atoms with E-state index in [4.69, 9.17) is 4.74 Å². The SMILES string of the molecule is C/C=C/C1OC1CCCCC. The number of rotatable bonds is 5. The lowest BCUT2D eigenvalue weighted by atomic mass is 10.1. The maximum Gasteiger partial charge on any atom is 0.102 e. The lowest BCUT2D eigenvalue weighted by Crippen LogP contribution is -1.89. The first kappa shape index (κ1) is 8.79. The first-order valence-corrected chi connectivity index (χ1v) is 4.66. The normalized spacial score (nSPS) is 29.6. The summed E-state index contributed by atoms with van der Waals surface area (Å²) in [4.78, 5) is 0. The second kappa shape index (κ2) is 4.55. The zero-order valence-electron chi connectivity index (χ0n) is 7.55. The van der Waals surface area contributed by atoms with Crippen LogP contribution < -0.4 is 0 Å². The first-order valence-electron chi connectivity index (χ1n) is 4.66. The van der Waals surface area contributed by atoms with Crippen molar-refractivity contribution in [1.29, 1.82) is 0 Å². The maximum absolute atomic E-state index is 5.42. The molecule has 1 saturated heterocycles. The highest BCUT2D eigenvalue weighted by Gasteiger charge is 2.34. The third-order valence-electron chi connectivity index (χ3n) is 2.10. The molecule has 1 aliphatic rings. The molecule has 2 unspecified atom stereocenters. The first-order chi connectivity index (χ1) is 5.38. The van der Waals surface area contributed by atoms with Crippen LogP contribution in [-0.4, -0.2) is 12.2 Å². The van der Waals surface area contributed by atoms with E-state index >= 15 is 0 Å². The van der Waals surface area contributed by atoms with Crippen molar-refractivity contribution in [1.82, 2.24) is 0 Å². The largest absolute Gasteiger partial charge is 0.365 e. The minimum Gasteiger partial charge on any atom is -0.365 e. The highest BCUT2D eigenvalue weighted by Crippen LogP contribution is 2.28. The Hall–Kier alpha value is -0.300. The fraction of sp³-hybridized carbons (Fsp3) is 0.800. The molecular formula is C10H18O. The summed E-state index contributed by atoms with van der Waals surface area (Å²) in [6.07, 6.45) is 10.5. The summed E-state index contributed by atoms with van der Waals surface area (Å²) in [6.45, 7) is 4.28. The lowest BCUT2D eigenvalue weighted by molar-refractivity contribution is 0.373. The van der Waals surface area contributed by atoms with Gasteiger partial charge in [-0.3, -0.25) is 0 Å². The second-order valence-corrected chi connectivity index (χ2v) is 3.16. The molecule has 0 amide bonds.